The maximum absolute atomic E-state index is 11.7. The smallest absolute Gasteiger partial charge is 0.273 e. The van der Waals surface area contributed by atoms with Gasteiger partial charge in [-0.2, -0.15) is 0 Å². The molecule has 7 heteroatoms. The Balaban J connectivity index is 1.95. The topological polar surface area (TPSA) is 59.6 Å². The van der Waals surface area contributed by atoms with E-state index in [1.807, 2.05) is 30.3 Å². The summed E-state index contributed by atoms with van der Waals surface area (Å²) in [4.78, 5) is 13.6. The molecule has 0 bridgehead atoms. The third kappa shape index (κ3) is 3.20. The van der Waals surface area contributed by atoms with Gasteiger partial charge in [0, 0.05) is 15.3 Å². The van der Waals surface area contributed by atoms with E-state index in [2.05, 4.69) is 10.6 Å². The van der Waals surface area contributed by atoms with Crippen molar-refractivity contribution in [3.8, 4) is 21.9 Å². The van der Waals surface area contributed by atoms with Crippen LogP contribution in [0.4, 0.5) is 0 Å². The fraction of sp³-hybridized carbons (Fsp3) is 0.125. The Morgan fingerprint density at radius 1 is 1.13 bits per heavy atom. The Hall–Kier alpha value is -2.38. The van der Waals surface area contributed by atoms with Gasteiger partial charge in [-0.15, -0.1) is 11.3 Å². The van der Waals surface area contributed by atoms with Crippen LogP contribution in [0.25, 0.3) is 16.5 Å². The average Bonchev–Trinajstić information content (AvgIpc) is 3.13. The van der Waals surface area contributed by atoms with Crippen molar-refractivity contribution >= 4 is 40.7 Å². The van der Waals surface area contributed by atoms with Crippen LogP contribution in [0.5, 0.6) is 11.5 Å². The number of rotatable bonds is 4. The highest BCUT2D eigenvalue weighted by atomic mass is 32.1. The molecule has 3 rings (SSSR count). The molecule has 0 radical (unpaired) electrons. The number of thiophene rings is 1. The van der Waals surface area contributed by atoms with Crippen LogP contribution in [0.15, 0.2) is 36.0 Å². The summed E-state index contributed by atoms with van der Waals surface area (Å²) in [5.41, 5.74) is 1.39. The van der Waals surface area contributed by atoms with Gasteiger partial charge in [-0.3, -0.25) is 10.1 Å². The molecule has 2 aromatic rings. The fourth-order valence-corrected chi connectivity index (χ4v) is 3.38. The van der Waals surface area contributed by atoms with Gasteiger partial charge in [0.2, 0.25) is 0 Å². The third-order valence-electron chi connectivity index (χ3n) is 3.31. The first-order chi connectivity index (χ1) is 11.1. The van der Waals surface area contributed by atoms with Gasteiger partial charge in [-0.05, 0) is 48.6 Å². The number of methoxy groups -OCH3 is 2. The highest BCUT2D eigenvalue weighted by Gasteiger charge is 2.20. The SMILES string of the molecule is COc1ccc(OC)c(-c2ccc(C=C3NC(=S)NC3=O)s2)c1. The molecular weight excluding hydrogens is 332 g/mol. The first-order valence-corrected chi connectivity index (χ1v) is 7.99. The lowest BCUT2D eigenvalue weighted by molar-refractivity contribution is -0.115. The van der Waals surface area contributed by atoms with Crippen LogP contribution in [0.2, 0.25) is 0 Å². The van der Waals surface area contributed by atoms with Gasteiger partial charge in [0.1, 0.15) is 17.2 Å². The lowest BCUT2D eigenvalue weighted by Gasteiger charge is -2.08. The van der Waals surface area contributed by atoms with Crippen LogP contribution in [0.3, 0.4) is 0 Å². The summed E-state index contributed by atoms with van der Waals surface area (Å²) in [5, 5.41) is 5.70. The number of carbonyl (C=O) groups excluding carboxylic acids is 1. The van der Waals surface area contributed by atoms with Crippen LogP contribution in [0.1, 0.15) is 4.88 Å². The van der Waals surface area contributed by atoms with E-state index < -0.39 is 0 Å². The third-order valence-corrected chi connectivity index (χ3v) is 4.58. The van der Waals surface area contributed by atoms with Gasteiger partial charge in [-0.1, -0.05) is 0 Å². The molecule has 1 amide bonds. The van der Waals surface area contributed by atoms with E-state index in [1.54, 1.807) is 31.6 Å². The minimum Gasteiger partial charge on any atom is -0.497 e. The molecule has 1 aromatic carbocycles. The molecule has 2 N–H and O–H groups in total. The van der Waals surface area contributed by atoms with Crippen molar-refractivity contribution in [1.29, 1.82) is 0 Å². The average molecular weight is 346 g/mol. The largest absolute Gasteiger partial charge is 0.497 e. The summed E-state index contributed by atoms with van der Waals surface area (Å²) in [6.07, 6.45) is 1.77. The van der Waals surface area contributed by atoms with E-state index in [1.165, 1.54) is 0 Å². The number of ether oxygens (including phenoxy) is 2. The fourth-order valence-electron chi connectivity index (χ4n) is 2.21. The van der Waals surface area contributed by atoms with E-state index in [9.17, 15) is 4.79 Å². The van der Waals surface area contributed by atoms with Gasteiger partial charge in [0.15, 0.2) is 5.11 Å². The van der Waals surface area contributed by atoms with Gasteiger partial charge in [0.05, 0.1) is 14.2 Å². The molecule has 23 heavy (non-hydrogen) atoms. The molecule has 2 heterocycles. The van der Waals surface area contributed by atoms with E-state index in [4.69, 9.17) is 21.7 Å². The van der Waals surface area contributed by atoms with E-state index in [0.717, 1.165) is 26.8 Å². The van der Waals surface area contributed by atoms with Gasteiger partial charge in [0.25, 0.3) is 5.91 Å². The summed E-state index contributed by atoms with van der Waals surface area (Å²) >= 11 is 6.47. The number of thiocarbonyl (C=S) groups is 1. The van der Waals surface area contributed by atoms with Gasteiger partial charge in [-0.25, -0.2) is 0 Å². The molecular formula is C16H14N2O3S2. The Kier molecular flexibility index (Phi) is 4.31. The summed E-state index contributed by atoms with van der Waals surface area (Å²) in [5.74, 6) is 1.31. The van der Waals surface area contributed by atoms with Crippen LogP contribution in [0, 0.1) is 0 Å². The Morgan fingerprint density at radius 2 is 1.96 bits per heavy atom. The predicted molar refractivity (Wildman–Crippen MR) is 94.7 cm³/mol. The lowest BCUT2D eigenvalue weighted by Crippen LogP contribution is -2.21. The number of amides is 1. The van der Waals surface area contributed by atoms with Crippen molar-refractivity contribution in [3.05, 3.63) is 40.9 Å². The quantitative estimate of drug-likeness (QED) is 0.658. The molecule has 1 fully saturated rings. The first-order valence-electron chi connectivity index (χ1n) is 6.77. The Labute approximate surface area is 142 Å². The molecule has 0 spiro atoms. The minimum absolute atomic E-state index is 0.219. The molecule has 0 saturated carbocycles. The van der Waals surface area contributed by atoms with Crippen molar-refractivity contribution < 1.29 is 14.3 Å². The molecule has 1 saturated heterocycles. The summed E-state index contributed by atoms with van der Waals surface area (Å²) < 4.78 is 10.7. The molecule has 0 aliphatic carbocycles. The monoisotopic (exact) mass is 346 g/mol. The molecule has 1 aliphatic rings. The maximum atomic E-state index is 11.7. The lowest BCUT2D eigenvalue weighted by atomic mass is 10.1. The zero-order valence-electron chi connectivity index (χ0n) is 12.5. The van der Waals surface area contributed by atoms with Crippen LogP contribution >= 0.6 is 23.6 Å². The van der Waals surface area contributed by atoms with E-state index in [0.29, 0.717) is 10.8 Å². The second-order valence-corrected chi connectivity index (χ2v) is 6.26. The molecule has 0 unspecified atom stereocenters. The van der Waals surface area contributed by atoms with Crippen molar-refractivity contribution in [2.24, 2.45) is 0 Å². The molecule has 5 nitrogen and oxygen atoms in total. The van der Waals surface area contributed by atoms with Crippen LogP contribution in [-0.2, 0) is 4.79 Å². The molecule has 0 atom stereocenters. The normalized spacial score (nSPS) is 15.5. The second kappa shape index (κ2) is 6.39. The molecule has 118 valence electrons. The minimum atomic E-state index is -0.219. The molecule has 1 aliphatic heterocycles. The predicted octanol–water partition coefficient (Wildman–Crippen LogP) is 2.78. The second-order valence-electron chi connectivity index (χ2n) is 4.73. The van der Waals surface area contributed by atoms with Gasteiger partial charge < -0.3 is 14.8 Å². The highest BCUT2D eigenvalue weighted by Crippen LogP contribution is 2.37. The maximum Gasteiger partial charge on any atom is 0.273 e. The van der Waals surface area contributed by atoms with Crippen molar-refractivity contribution in [2.75, 3.05) is 14.2 Å². The Bertz CT molecular complexity index is 811. The zero-order chi connectivity index (χ0) is 16.4. The standard InChI is InChI=1S/C16H14N2O3S2/c1-20-9-3-5-13(21-2)11(7-9)14-6-4-10(23-14)8-12-15(19)18-16(22)17-12/h3-8H,1-2H3,(H2,17,18,19,22). The first kappa shape index (κ1) is 15.5. The number of carbonyl (C=O) groups is 1. The number of hydrogen-bond donors (Lipinski definition) is 2. The van der Waals surface area contributed by atoms with E-state index >= 15 is 0 Å². The highest BCUT2D eigenvalue weighted by molar-refractivity contribution is 7.80. The number of hydrogen-bond acceptors (Lipinski definition) is 5. The van der Waals surface area contributed by atoms with Crippen molar-refractivity contribution in [2.45, 2.75) is 0 Å². The zero-order valence-corrected chi connectivity index (χ0v) is 14.1. The van der Waals surface area contributed by atoms with Crippen molar-refractivity contribution in [1.82, 2.24) is 10.6 Å². The summed E-state index contributed by atoms with van der Waals surface area (Å²) in [6, 6.07) is 9.59. The van der Waals surface area contributed by atoms with Crippen LogP contribution in [-0.4, -0.2) is 25.2 Å². The Morgan fingerprint density at radius 3 is 2.61 bits per heavy atom. The number of nitrogens with one attached hydrogen (secondary N) is 2. The molecule has 1 aromatic heterocycles. The number of benzene rings is 1. The van der Waals surface area contributed by atoms with E-state index in [-0.39, 0.29) is 5.91 Å². The summed E-state index contributed by atoms with van der Waals surface area (Å²) in [7, 11) is 3.26. The summed E-state index contributed by atoms with van der Waals surface area (Å²) in [6.45, 7) is 0. The van der Waals surface area contributed by atoms with Crippen LogP contribution < -0.4 is 20.1 Å². The van der Waals surface area contributed by atoms with Gasteiger partial charge >= 0.3 is 0 Å². The van der Waals surface area contributed by atoms with Crippen molar-refractivity contribution in [3.63, 3.8) is 0 Å².